The van der Waals surface area contributed by atoms with Crippen molar-refractivity contribution in [2.45, 2.75) is 11.1 Å². The molecule has 0 saturated carbocycles. The minimum atomic E-state index is -4.81. The smallest absolute Gasteiger partial charge is 0.432 e. The van der Waals surface area contributed by atoms with Crippen LogP contribution in [0.3, 0.4) is 0 Å². The number of hydrogen-bond acceptors (Lipinski definition) is 6. The van der Waals surface area contributed by atoms with Crippen LogP contribution in [0.2, 0.25) is 0 Å². The molecule has 2 N–H and O–H groups in total. The Balaban J connectivity index is 2.04. The minimum absolute atomic E-state index is 0.0624. The summed E-state index contributed by atoms with van der Waals surface area (Å²) in [6.07, 6.45) is -2.99. The van der Waals surface area contributed by atoms with Crippen LogP contribution in [0.5, 0.6) is 5.75 Å². The summed E-state index contributed by atoms with van der Waals surface area (Å²) in [7, 11) is -1.97. The van der Waals surface area contributed by atoms with Gasteiger partial charge in [0.05, 0.1) is 28.3 Å². The summed E-state index contributed by atoms with van der Waals surface area (Å²) < 4.78 is 68.1. The molecule has 0 spiro atoms. The topological polar surface area (TPSA) is 79.2 Å². The highest BCUT2D eigenvalue weighted by Crippen LogP contribution is 2.34. The van der Waals surface area contributed by atoms with Gasteiger partial charge in [0.15, 0.2) is 9.84 Å². The number of sulfone groups is 1. The lowest BCUT2D eigenvalue weighted by Crippen LogP contribution is -2.20. The summed E-state index contributed by atoms with van der Waals surface area (Å²) in [4.78, 5) is 0.578. The lowest BCUT2D eigenvalue weighted by molar-refractivity contribution is -0.0583. The van der Waals surface area contributed by atoms with E-state index in [1.165, 1.54) is 30.6 Å². The van der Waals surface area contributed by atoms with Gasteiger partial charge in [-0.15, -0.1) is 11.3 Å². The van der Waals surface area contributed by atoms with Crippen LogP contribution >= 0.6 is 11.3 Å². The van der Waals surface area contributed by atoms with Gasteiger partial charge in [0.1, 0.15) is 11.5 Å². The van der Waals surface area contributed by atoms with Gasteiger partial charge in [0.25, 0.3) is 0 Å². The van der Waals surface area contributed by atoms with Gasteiger partial charge in [-0.05, 0) is 52.9 Å². The fourth-order valence-corrected chi connectivity index (χ4v) is 4.38. The Labute approximate surface area is 187 Å². The van der Waals surface area contributed by atoms with Crippen molar-refractivity contribution in [2.24, 2.45) is 0 Å². The van der Waals surface area contributed by atoms with Crippen LogP contribution in [-0.2, 0) is 9.84 Å². The van der Waals surface area contributed by atoms with Crippen LogP contribution in [0, 0.1) is 5.41 Å². The van der Waals surface area contributed by atoms with Gasteiger partial charge in [0.2, 0.25) is 0 Å². The molecule has 0 unspecified atom stereocenters. The monoisotopic (exact) mass is 480 g/mol. The van der Waals surface area contributed by atoms with Crippen molar-refractivity contribution in [1.29, 1.82) is 5.41 Å². The molecule has 0 fully saturated rings. The third-order valence-electron chi connectivity index (χ3n) is 4.43. The van der Waals surface area contributed by atoms with E-state index in [9.17, 15) is 21.6 Å². The van der Waals surface area contributed by atoms with Crippen molar-refractivity contribution >= 4 is 38.3 Å². The second kappa shape index (κ2) is 9.17. The van der Waals surface area contributed by atoms with Gasteiger partial charge in [-0.3, -0.25) is 5.41 Å². The number of nitrogens with one attached hydrogen (secondary N) is 2. The Morgan fingerprint density at radius 1 is 1.09 bits per heavy atom. The first kappa shape index (κ1) is 23.6. The van der Waals surface area contributed by atoms with E-state index < -0.39 is 21.7 Å². The van der Waals surface area contributed by atoms with Gasteiger partial charge in [-0.25, -0.2) is 8.42 Å². The van der Waals surface area contributed by atoms with Gasteiger partial charge in [-0.1, -0.05) is 24.3 Å². The number of allylic oxidation sites excluding steroid dienone is 1. The quantitative estimate of drug-likeness (QED) is 0.415. The molecular formula is C22H19F3N2O3S2. The number of anilines is 1. The average molecular weight is 481 g/mol. The normalized spacial score (nSPS) is 12.5. The largest absolute Gasteiger partial charge is 0.495 e. The second-order valence-corrected chi connectivity index (χ2v) is 9.72. The lowest BCUT2D eigenvalue weighted by atomic mass is 10.1. The van der Waals surface area contributed by atoms with Crippen LogP contribution < -0.4 is 10.1 Å². The number of benzene rings is 2. The molecule has 0 amide bonds. The molecule has 0 saturated heterocycles. The van der Waals surface area contributed by atoms with E-state index in [1.54, 1.807) is 47.8 Å². The molecular weight excluding hydrogens is 461 g/mol. The summed E-state index contributed by atoms with van der Waals surface area (Å²) >= 11 is 1.17. The highest BCUT2D eigenvalue weighted by atomic mass is 32.2. The van der Waals surface area contributed by atoms with Crippen LogP contribution in [0.25, 0.3) is 16.8 Å². The van der Waals surface area contributed by atoms with Gasteiger partial charge >= 0.3 is 6.18 Å². The minimum Gasteiger partial charge on any atom is -0.495 e. The van der Waals surface area contributed by atoms with Crippen molar-refractivity contribution in [3.63, 3.8) is 0 Å². The zero-order chi connectivity index (χ0) is 23.5. The standard InChI is InChI=1S/C22H19F3N2O3S2/c1-30-19-9-4-3-8-17(19)27-18(12-21(26)22(23,24)25)20-11-15(13-31-20)14-6-5-7-16(10-14)32(2,28)29/h3-13,26-27H,1-2H3/b18-12-,26-21?. The van der Waals surface area contributed by atoms with E-state index in [2.05, 4.69) is 5.32 Å². The summed E-state index contributed by atoms with van der Waals surface area (Å²) in [5.41, 5.74) is 0.237. The molecule has 3 rings (SSSR count). The van der Waals surface area contributed by atoms with Crippen molar-refractivity contribution in [3.8, 4) is 16.9 Å². The van der Waals surface area contributed by atoms with Crippen molar-refractivity contribution < 1.29 is 26.3 Å². The van der Waals surface area contributed by atoms with E-state index in [4.69, 9.17) is 10.1 Å². The molecule has 168 valence electrons. The Hall–Kier alpha value is -3.11. The average Bonchev–Trinajstić information content (AvgIpc) is 3.22. The summed E-state index contributed by atoms with van der Waals surface area (Å²) in [5, 5.41) is 12.1. The maximum atomic E-state index is 13.1. The van der Waals surface area contributed by atoms with E-state index in [0.29, 0.717) is 27.4 Å². The van der Waals surface area contributed by atoms with Gasteiger partial charge < -0.3 is 10.1 Å². The molecule has 5 nitrogen and oxygen atoms in total. The third-order valence-corrected chi connectivity index (χ3v) is 6.50. The molecule has 32 heavy (non-hydrogen) atoms. The first-order chi connectivity index (χ1) is 15.0. The van der Waals surface area contributed by atoms with E-state index in [1.807, 2.05) is 0 Å². The molecule has 0 aliphatic carbocycles. The van der Waals surface area contributed by atoms with Crippen LogP contribution in [0.1, 0.15) is 4.88 Å². The Morgan fingerprint density at radius 2 is 1.81 bits per heavy atom. The molecule has 0 aliphatic heterocycles. The Kier molecular flexibility index (Phi) is 6.75. The fourth-order valence-electron chi connectivity index (χ4n) is 2.82. The molecule has 0 aliphatic rings. The van der Waals surface area contributed by atoms with Gasteiger partial charge in [0, 0.05) is 6.26 Å². The highest BCUT2D eigenvalue weighted by molar-refractivity contribution is 7.90. The van der Waals surface area contributed by atoms with Crippen LogP contribution in [0.15, 0.2) is 70.9 Å². The summed E-state index contributed by atoms with van der Waals surface area (Å²) in [6.45, 7) is 0. The molecule has 1 heterocycles. The molecule has 1 aromatic heterocycles. The maximum absolute atomic E-state index is 13.1. The summed E-state index contributed by atoms with van der Waals surface area (Å²) in [6, 6.07) is 14.7. The highest BCUT2D eigenvalue weighted by Gasteiger charge is 2.33. The SMILES string of the molecule is COc1ccccc1N/C(=C\C(=N)C(F)(F)F)c1cc(-c2cccc(S(C)(=O)=O)c2)cs1. The van der Waals surface area contributed by atoms with Crippen LogP contribution in [-0.4, -0.2) is 33.7 Å². The molecule has 3 aromatic rings. The number of methoxy groups -OCH3 is 1. The number of halogens is 3. The van der Waals surface area contributed by atoms with Gasteiger partial charge in [-0.2, -0.15) is 13.2 Å². The number of rotatable bonds is 7. The zero-order valence-electron chi connectivity index (χ0n) is 17.0. The van der Waals surface area contributed by atoms with Crippen molar-refractivity contribution in [1.82, 2.24) is 0 Å². The van der Waals surface area contributed by atoms with Crippen molar-refractivity contribution in [2.75, 3.05) is 18.7 Å². The first-order valence-corrected chi connectivity index (χ1v) is 11.9. The fraction of sp³-hybridized carbons (Fsp3) is 0.136. The van der Waals surface area contributed by atoms with Crippen LogP contribution in [0.4, 0.5) is 18.9 Å². The van der Waals surface area contributed by atoms with Crippen molar-refractivity contribution in [3.05, 3.63) is 70.9 Å². The maximum Gasteiger partial charge on any atom is 0.432 e. The molecule has 10 heteroatoms. The second-order valence-electron chi connectivity index (χ2n) is 6.79. The number of para-hydroxylation sites is 2. The molecule has 2 aromatic carbocycles. The number of ether oxygens (including phenoxy) is 1. The lowest BCUT2D eigenvalue weighted by Gasteiger charge is -2.14. The predicted molar refractivity (Wildman–Crippen MR) is 121 cm³/mol. The summed E-state index contributed by atoms with van der Waals surface area (Å²) in [5.74, 6) is 0.426. The zero-order valence-corrected chi connectivity index (χ0v) is 18.7. The predicted octanol–water partition coefficient (Wildman–Crippen LogP) is 5.86. The number of hydrogen-bond donors (Lipinski definition) is 2. The van der Waals surface area contributed by atoms with E-state index in [-0.39, 0.29) is 10.6 Å². The molecule has 0 radical (unpaired) electrons. The molecule has 0 atom stereocenters. The Bertz CT molecular complexity index is 1280. The third kappa shape index (κ3) is 5.57. The first-order valence-electron chi connectivity index (χ1n) is 9.16. The van der Waals surface area contributed by atoms with E-state index in [0.717, 1.165) is 12.3 Å². The number of alkyl halides is 3. The number of thiophene rings is 1. The molecule has 0 bridgehead atoms. The Morgan fingerprint density at radius 3 is 2.47 bits per heavy atom. The van der Waals surface area contributed by atoms with E-state index >= 15 is 0 Å².